The quantitative estimate of drug-likeness (QED) is 0.0575. The first-order chi connectivity index (χ1) is 37.7. The monoisotopic (exact) mass is 1040 g/mol. The van der Waals surface area contributed by atoms with Gasteiger partial charge in [-0.25, -0.2) is 4.98 Å². The number of benzene rings is 6. The van der Waals surface area contributed by atoms with E-state index in [1.807, 2.05) is 30.5 Å². The van der Waals surface area contributed by atoms with Crippen LogP contribution >= 0.6 is 0 Å². The molecule has 1 unspecified atom stereocenters. The van der Waals surface area contributed by atoms with Crippen LogP contribution in [0.4, 0.5) is 22.7 Å². The van der Waals surface area contributed by atoms with Crippen molar-refractivity contribution in [2.75, 3.05) is 29.0 Å². The molecule has 6 aromatic carbocycles. The van der Waals surface area contributed by atoms with E-state index in [1.165, 1.54) is 91.1 Å². The zero-order chi connectivity index (χ0) is 55.3. The third-order valence-electron chi connectivity index (χ3n) is 15.2. The van der Waals surface area contributed by atoms with Crippen LogP contribution in [0.3, 0.4) is 0 Å². The summed E-state index contributed by atoms with van der Waals surface area (Å²) in [5, 5.41) is 11.3. The molecule has 0 amide bonds. The summed E-state index contributed by atoms with van der Waals surface area (Å²) in [5.41, 5.74) is 23.1. The number of hydrogen-bond acceptors (Lipinski definition) is 6. The van der Waals surface area contributed by atoms with Crippen LogP contribution < -0.4 is 34.8 Å². The number of para-hydroxylation sites is 4. The molecule has 8 aromatic rings. The number of fused-ring (bicyclic) bond motifs is 2. The molecule has 7 heteroatoms. The molecule has 3 N–H and O–H groups in total. The molecule has 0 aliphatic carbocycles. The molecule has 2 aliphatic rings. The van der Waals surface area contributed by atoms with E-state index in [0.29, 0.717) is 35.5 Å². The number of rotatable bonds is 14. The van der Waals surface area contributed by atoms with Crippen LogP contribution in [-0.2, 0) is 12.8 Å². The smallest absolute Gasteiger partial charge is 0.384 e. The maximum atomic E-state index is 5.37. The predicted octanol–water partition coefficient (Wildman–Crippen LogP) is 16.4. The van der Waals surface area contributed by atoms with Gasteiger partial charge in [0.15, 0.2) is 0 Å². The second-order valence-electron chi connectivity index (χ2n) is 22.9. The Labute approximate surface area is 487 Å². The average Bonchev–Trinajstić information content (AvgIpc) is 3.58. The number of anilines is 3. The van der Waals surface area contributed by atoms with Crippen LogP contribution in [0.5, 0.6) is 0 Å². The maximum Gasteiger partial charge on any atom is 1.00 e. The van der Waals surface area contributed by atoms with Crippen molar-refractivity contribution in [1.82, 2.24) is 9.97 Å². The Kier molecular flexibility index (Phi) is 21.6. The first kappa shape index (κ1) is 59.9. The Morgan fingerprint density at radius 1 is 0.468 bits per heavy atom. The first-order valence-electron chi connectivity index (χ1n) is 29.0. The Bertz CT molecular complexity index is 3210. The summed E-state index contributed by atoms with van der Waals surface area (Å²) in [7, 11) is 0. The summed E-state index contributed by atoms with van der Waals surface area (Å²) in [6.07, 6.45) is 6.52. The van der Waals surface area contributed by atoms with Gasteiger partial charge in [0.25, 0.3) is 0 Å². The summed E-state index contributed by atoms with van der Waals surface area (Å²) < 4.78 is 0. The Morgan fingerprint density at radius 3 is 1.44 bits per heavy atom. The fourth-order valence-corrected chi connectivity index (χ4v) is 10.9. The summed E-state index contributed by atoms with van der Waals surface area (Å²) in [6.45, 7) is 29.0. The molecule has 0 saturated heterocycles. The van der Waals surface area contributed by atoms with E-state index in [4.69, 9.17) is 15.0 Å². The van der Waals surface area contributed by atoms with Gasteiger partial charge in [-0.1, -0.05) is 192 Å². The third kappa shape index (κ3) is 15.0. The second kappa shape index (κ2) is 28.4. The molecule has 10 rings (SSSR count). The number of hydrogen-bond donors (Lipinski definition) is 3. The van der Waals surface area contributed by atoms with E-state index in [0.717, 1.165) is 54.4 Å². The van der Waals surface area contributed by atoms with E-state index in [-0.39, 0.29) is 24.9 Å². The molecule has 0 radical (unpaired) electrons. The fourth-order valence-electron chi connectivity index (χ4n) is 10.9. The van der Waals surface area contributed by atoms with Gasteiger partial charge in [-0.05, 0) is 130 Å². The van der Waals surface area contributed by atoms with Gasteiger partial charge in [0, 0.05) is 41.3 Å². The van der Waals surface area contributed by atoms with Gasteiger partial charge in [-0.15, -0.1) is 0 Å². The number of nitrogens with one attached hydrogen (secondary N) is 3. The summed E-state index contributed by atoms with van der Waals surface area (Å²) in [5.74, 6) is 2.69. The largest absolute Gasteiger partial charge is 1.00 e. The fraction of sp³-hybridized carbons (Fsp3) is 0.347. The molecular formula is C72H85LiN6. The van der Waals surface area contributed by atoms with Crippen LogP contribution in [0.1, 0.15) is 199 Å². The molecule has 0 spiro atoms. The second-order valence-corrected chi connectivity index (χ2v) is 22.9. The van der Waals surface area contributed by atoms with E-state index in [2.05, 4.69) is 239 Å². The van der Waals surface area contributed by atoms with E-state index in [9.17, 15) is 0 Å². The van der Waals surface area contributed by atoms with Crippen molar-refractivity contribution >= 4 is 29.0 Å². The SMILES string of the molecule is CC(C)c1[c-]cccc1.CC(C)c1cccc(C(C)C)c1N=Cc1cccc(-c2cccc3c2NCCC3)n1.CC(C)c1ccccc1C(Nc1c(C(C)C)cccc1C(C)C)c1cccc(-c2cccc3c2NCCC3)n1.[Li+]. The van der Waals surface area contributed by atoms with Crippen molar-refractivity contribution in [3.63, 3.8) is 0 Å². The minimum absolute atomic E-state index is 0. The number of nitrogens with zero attached hydrogens (tertiary/aromatic N) is 3. The molecule has 6 nitrogen and oxygen atoms in total. The van der Waals surface area contributed by atoms with E-state index >= 15 is 0 Å². The number of aromatic nitrogens is 2. The van der Waals surface area contributed by atoms with Gasteiger partial charge in [0.2, 0.25) is 0 Å². The molecular weight excluding hydrogens is 956 g/mol. The van der Waals surface area contributed by atoms with Gasteiger partial charge >= 0.3 is 18.9 Å². The van der Waals surface area contributed by atoms with Crippen molar-refractivity contribution in [2.24, 2.45) is 4.99 Å². The normalized spacial score (nSPS) is 13.2. The summed E-state index contributed by atoms with van der Waals surface area (Å²) >= 11 is 0. The topological polar surface area (TPSA) is 74.2 Å². The maximum absolute atomic E-state index is 5.37. The molecule has 2 aromatic heterocycles. The van der Waals surface area contributed by atoms with Crippen molar-refractivity contribution in [3.8, 4) is 22.5 Å². The molecule has 1 atom stereocenters. The van der Waals surface area contributed by atoms with E-state index in [1.54, 1.807) is 0 Å². The Balaban J connectivity index is 0.000000199. The van der Waals surface area contributed by atoms with Gasteiger partial charge in [0.05, 0.1) is 40.7 Å². The van der Waals surface area contributed by atoms with Crippen LogP contribution in [0.2, 0.25) is 0 Å². The number of aryl methyl sites for hydroxylation is 2. The number of aliphatic imine (C=N–C) groups is 1. The zero-order valence-corrected chi connectivity index (χ0v) is 49.7. The van der Waals surface area contributed by atoms with Gasteiger partial charge in [-0.2, -0.15) is 35.9 Å². The van der Waals surface area contributed by atoms with Crippen LogP contribution in [-0.4, -0.2) is 29.3 Å². The van der Waals surface area contributed by atoms with Gasteiger partial charge < -0.3 is 16.0 Å². The molecule has 79 heavy (non-hydrogen) atoms. The molecule has 2 aliphatic heterocycles. The van der Waals surface area contributed by atoms with Crippen LogP contribution in [0.15, 0.2) is 163 Å². The Morgan fingerprint density at radius 2 is 0.937 bits per heavy atom. The predicted molar refractivity (Wildman–Crippen MR) is 335 cm³/mol. The molecule has 0 fully saturated rings. The van der Waals surface area contributed by atoms with Gasteiger partial charge in [0.1, 0.15) is 0 Å². The van der Waals surface area contributed by atoms with Crippen LogP contribution in [0.25, 0.3) is 22.5 Å². The summed E-state index contributed by atoms with van der Waals surface area (Å²) in [6, 6.07) is 59.2. The number of pyridine rings is 2. The zero-order valence-electron chi connectivity index (χ0n) is 49.7. The first-order valence-corrected chi connectivity index (χ1v) is 29.0. The van der Waals surface area contributed by atoms with Crippen molar-refractivity contribution in [2.45, 2.75) is 150 Å². The average molecular weight is 1040 g/mol. The van der Waals surface area contributed by atoms with Crippen molar-refractivity contribution in [1.29, 1.82) is 0 Å². The van der Waals surface area contributed by atoms with Crippen LogP contribution in [0, 0.1) is 6.07 Å². The summed E-state index contributed by atoms with van der Waals surface area (Å²) in [4.78, 5) is 15.2. The minimum Gasteiger partial charge on any atom is -0.384 e. The van der Waals surface area contributed by atoms with Crippen molar-refractivity contribution in [3.05, 3.63) is 225 Å². The molecule has 4 heterocycles. The third-order valence-corrected chi connectivity index (χ3v) is 15.2. The van der Waals surface area contributed by atoms with E-state index < -0.39 is 0 Å². The van der Waals surface area contributed by atoms with Crippen molar-refractivity contribution < 1.29 is 18.9 Å². The Hall–Kier alpha value is -6.71. The molecule has 0 bridgehead atoms. The molecule has 404 valence electrons. The standard InChI is InChI=1S/C36H43N3.C27H31N3.C9H11.Li/c1-23(2)27-15-7-8-16-30(27)36(39-35-28(24(3)4)17-10-18-29(35)25(5)6)33-21-11-20-32(38-33)31-19-9-13-26-14-12-22-37-34(26)31;1-18(2)22-12-7-13-23(19(3)4)27(22)29-17-21-11-6-15-25(30-21)24-14-5-9-20-10-8-16-28-26(20)24;1-8(2)9-6-4-3-5-7-9;/h7-11,13,15-21,23-25,36-37,39H,12,14,22H2,1-6H3;5-7,9,11-15,17-19,28H,8,10,16H2,1-4H3;3-6,8H,1-2H3;/q;;-1;+1. The van der Waals surface area contributed by atoms with Gasteiger partial charge in [-0.3, -0.25) is 9.98 Å². The molecule has 0 saturated carbocycles. The minimum atomic E-state index is -0.0755.